The molecule has 2 aromatic rings. The Kier molecular flexibility index (Phi) is 3.96. The van der Waals surface area contributed by atoms with Crippen molar-refractivity contribution in [2.24, 2.45) is 0 Å². The fraction of sp³-hybridized carbons (Fsp3) is 0.412. The number of rotatable bonds is 3. The molecule has 0 atom stereocenters. The number of halogens is 1. The molecule has 1 amide bonds. The van der Waals surface area contributed by atoms with Crippen LogP contribution in [0.4, 0.5) is 4.39 Å². The number of amides is 1. The third kappa shape index (κ3) is 2.75. The molecule has 22 heavy (non-hydrogen) atoms. The van der Waals surface area contributed by atoms with Crippen LogP contribution in [0, 0.1) is 5.82 Å². The van der Waals surface area contributed by atoms with Crippen LogP contribution in [0.2, 0.25) is 0 Å². The predicted molar refractivity (Wildman–Crippen MR) is 82.8 cm³/mol. The highest BCUT2D eigenvalue weighted by atomic mass is 19.1. The van der Waals surface area contributed by atoms with Crippen LogP contribution in [0.15, 0.2) is 24.3 Å². The molecule has 1 heterocycles. The summed E-state index contributed by atoms with van der Waals surface area (Å²) in [7, 11) is 0. The van der Waals surface area contributed by atoms with E-state index >= 15 is 0 Å². The lowest BCUT2D eigenvalue weighted by molar-refractivity contribution is 0.0936. The lowest BCUT2D eigenvalue weighted by Crippen LogP contribution is -2.31. The summed E-state index contributed by atoms with van der Waals surface area (Å²) in [5.74, 6) is -0.406. The second-order valence-electron chi connectivity index (χ2n) is 6.00. The van der Waals surface area contributed by atoms with Gasteiger partial charge in [0, 0.05) is 17.3 Å². The molecule has 4 nitrogen and oxygen atoms in total. The number of carbonyl (C=O) groups is 1. The summed E-state index contributed by atoms with van der Waals surface area (Å²) in [5, 5.41) is 7.44. The highest BCUT2D eigenvalue weighted by Gasteiger charge is 2.25. The first kappa shape index (κ1) is 14.8. The molecule has 1 aromatic heterocycles. The smallest absolute Gasteiger partial charge is 0.272 e. The van der Waals surface area contributed by atoms with Gasteiger partial charge in [0.1, 0.15) is 5.82 Å². The lowest BCUT2D eigenvalue weighted by atomic mass is 9.95. The van der Waals surface area contributed by atoms with Gasteiger partial charge in [-0.1, -0.05) is 0 Å². The largest absolute Gasteiger partial charge is 0.348 e. The summed E-state index contributed by atoms with van der Waals surface area (Å²) in [6.07, 6.45) is 3.93. The van der Waals surface area contributed by atoms with Crippen LogP contribution in [-0.4, -0.2) is 21.7 Å². The van der Waals surface area contributed by atoms with E-state index in [0.29, 0.717) is 5.69 Å². The molecular weight excluding hydrogens is 281 g/mol. The van der Waals surface area contributed by atoms with Crippen LogP contribution < -0.4 is 5.32 Å². The summed E-state index contributed by atoms with van der Waals surface area (Å²) in [4.78, 5) is 12.4. The van der Waals surface area contributed by atoms with Crippen molar-refractivity contribution in [3.63, 3.8) is 0 Å². The molecule has 1 N–H and O–H groups in total. The van der Waals surface area contributed by atoms with Crippen LogP contribution in [0.25, 0.3) is 5.69 Å². The van der Waals surface area contributed by atoms with Gasteiger partial charge in [0.15, 0.2) is 5.69 Å². The van der Waals surface area contributed by atoms with Gasteiger partial charge in [0.25, 0.3) is 5.91 Å². The first-order chi connectivity index (χ1) is 10.6. The third-order valence-corrected chi connectivity index (χ3v) is 3.89. The van der Waals surface area contributed by atoms with E-state index < -0.39 is 0 Å². The maximum absolute atomic E-state index is 13.1. The Labute approximate surface area is 129 Å². The average molecular weight is 301 g/mol. The van der Waals surface area contributed by atoms with E-state index in [0.717, 1.165) is 42.6 Å². The number of benzene rings is 1. The van der Waals surface area contributed by atoms with Crippen LogP contribution in [-0.2, 0) is 12.8 Å². The molecule has 0 bridgehead atoms. The van der Waals surface area contributed by atoms with Gasteiger partial charge in [-0.05, 0) is 63.8 Å². The summed E-state index contributed by atoms with van der Waals surface area (Å²) < 4.78 is 14.9. The normalized spacial score (nSPS) is 14.0. The van der Waals surface area contributed by atoms with Crippen LogP contribution >= 0.6 is 0 Å². The van der Waals surface area contributed by atoms with E-state index in [-0.39, 0.29) is 17.8 Å². The highest BCUT2D eigenvalue weighted by Crippen LogP contribution is 2.27. The monoisotopic (exact) mass is 301 g/mol. The molecule has 1 aromatic carbocycles. The molecule has 0 spiro atoms. The van der Waals surface area contributed by atoms with Crippen molar-refractivity contribution < 1.29 is 9.18 Å². The molecule has 0 saturated heterocycles. The van der Waals surface area contributed by atoms with Gasteiger partial charge in [-0.15, -0.1) is 0 Å². The Bertz CT molecular complexity index is 689. The standard InChI is InChI=1S/C17H20FN3O/c1-11(2)19-17(22)16-14-5-3-4-6-15(14)21(20-16)13-9-7-12(18)8-10-13/h7-11H,3-6H2,1-2H3,(H,19,22). The summed E-state index contributed by atoms with van der Waals surface area (Å²) >= 11 is 0. The van der Waals surface area contributed by atoms with Crippen molar-refractivity contribution >= 4 is 5.91 Å². The Balaban J connectivity index is 2.05. The van der Waals surface area contributed by atoms with Crippen molar-refractivity contribution in [3.05, 3.63) is 47.0 Å². The fourth-order valence-electron chi connectivity index (χ4n) is 2.91. The number of aromatic nitrogens is 2. The van der Waals surface area contributed by atoms with E-state index in [1.807, 2.05) is 13.8 Å². The van der Waals surface area contributed by atoms with Crippen molar-refractivity contribution in [1.29, 1.82) is 0 Å². The Morgan fingerprint density at radius 2 is 1.91 bits per heavy atom. The van der Waals surface area contributed by atoms with Gasteiger partial charge < -0.3 is 5.32 Å². The predicted octanol–water partition coefficient (Wildman–Crippen LogP) is 3.03. The minimum Gasteiger partial charge on any atom is -0.348 e. The van der Waals surface area contributed by atoms with Gasteiger partial charge in [0.2, 0.25) is 0 Å². The number of nitrogens with one attached hydrogen (secondary N) is 1. The lowest BCUT2D eigenvalue weighted by Gasteiger charge is -2.14. The molecule has 3 rings (SSSR count). The Morgan fingerprint density at radius 1 is 1.23 bits per heavy atom. The number of carbonyl (C=O) groups excluding carboxylic acids is 1. The molecule has 0 fully saturated rings. The number of fused-ring (bicyclic) bond motifs is 1. The van der Waals surface area contributed by atoms with Crippen molar-refractivity contribution in [3.8, 4) is 5.69 Å². The van der Waals surface area contributed by atoms with E-state index in [1.54, 1.807) is 16.8 Å². The Hall–Kier alpha value is -2.17. The summed E-state index contributed by atoms with van der Waals surface area (Å²) in [5.41, 5.74) is 3.41. The zero-order valence-electron chi connectivity index (χ0n) is 12.9. The fourth-order valence-corrected chi connectivity index (χ4v) is 2.91. The Morgan fingerprint density at radius 3 is 2.59 bits per heavy atom. The van der Waals surface area contributed by atoms with Gasteiger partial charge in [-0.2, -0.15) is 5.10 Å². The van der Waals surface area contributed by atoms with Gasteiger partial charge in [-0.3, -0.25) is 4.79 Å². The molecular formula is C17H20FN3O. The number of hydrogen-bond donors (Lipinski definition) is 1. The SMILES string of the molecule is CC(C)NC(=O)c1nn(-c2ccc(F)cc2)c2c1CCCC2. The summed E-state index contributed by atoms with van der Waals surface area (Å²) in [6.45, 7) is 3.86. The molecule has 0 saturated carbocycles. The molecule has 0 unspecified atom stereocenters. The van der Waals surface area contributed by atoms with Crippen LogP contribution in [0.1, 0.15) is 48.4 Å². The van der Waals surface area contributed by atoms with Gasteiger partial charge in [-0.25, -0.2) is 9.07 Å². The molecule has 0 aliphatic heterocycles. The highest BCUT2D eigenvalue weighted by molar-refractivity contribution is 5.94. The molecule has 0 radical (unpaired) electrons. The maximum Gasteiger partial charge on any atom is 0.272 e. The minimum absolute atomic E-state index is 0.0720. The maximum atomic E-state index is 13.1. The third-order valence-electron chi connectivity index (χ3n) is 3.89. The zero-order chi connectivity index (χ0) is 15.7. The second kappa shape index (κ2) is 5.91. The first-order valence-corrected chi connectivity index (χ1v) is 7.74. The first-order valence-electron chi connectivity index (χ1n) is 7.74. The molecule has 1 aliphatic rings. The zero-order valence-corrected chi connectivity index (χ0v) is 12.9. The second-order valence-corrected chi connectivity index (χ2v) is 6.00. The molecule has 1 aliphatic carbocycles. The number of nitrogens with zero attached hydrogens (tertiary/aromatic N) is 2. The average Bonchev–Trinajstić information content (AvgIpc) is 2.87. The van der Waals surface area contributed by atoms with Crippen molar-refractivity contribution in [2.45, 2.75) is 45.6 Å². The minimum atomic E-state index is -0.275. The van der Waals surface area contributed by atoms with Crippen LogP contribution in [0.5, 0.6) is 0 Å². The van der Waals surface area contributed by atoms with Crippen molar-refractivity contribution in [1.82, 2.24) is 15.1 Å². The van der Waals surface area contributed by atoms with E-state index in [4.69, 9.17) is 0 Å². The van der Waals surface area contributed by atoms with Crippen molar-refractivity contribution in [2.75, 3.05) is 0 Å². The van der Waals surface area contributed by atoms with E-state index in [9.17, 15) is 9.18 Å². The van der Waals surface area contributed by atoms with E-state index in [2.05, 4.69) is 10.4 Å². The quantitative estimate of drug-likeness (QED) is 0.947. The molecule has 5 heteroatoms. The van der Waals surface area contributed by atoms with Crippen LogP contribution in [0.3, 0.4) is 0 Å². The summed E-state index contributed by atoms with van der Waals surface area (Å²) in [6, 6.07) is 6.30. The van der Waals surface area contributed by atoms with Gasteiger partial charge in [0.05, 0.1) is 5.69 Å². The topological polar surface area (TPSA) is 46.9 Å². The number of hydrogen-bond acceptors (Lipinski definition) is 2. The van der Waals surface area contributed by atoms with Gasteiger partial charge >= 0.3 is 0 Å². The van der Waals surface area contributed by atoms with E-state index in [1.165, 1.54) is 12.1 Å². The molecule has 116 valence electrons.